The molecule has 2 aromatic heterocycles. The van der Waals surface area contributed by atoms with E-state index in [4.69, 9.17) is 0 Å². The Morgan fingerprint density at radius 1 is 1.31 bits per heavy atom. The highest BCUT2D eigenvalue weighted by atomic mass is 32.2. The average molecular weight is 409 g/mol. The Kier molecular flexibility index (Phi) is 6.04. The van der Waals surface area contributed by atoms with Gasteiger partial charge in [-0.2, -0.15) is 5.26 Å². The van der Waals surface area contributed by atoms with Crippen LogP contribution in [0.1, 0.15) is 21.5 Å². The van der Waals surface area contributed by atoms with Crippen LogP contribution >= 0.6 is 11.8 Å². The highest BCUT2D eigenvalue weighted by Gasteiger charge is 2.24. The number of hydrogen-bond acceptors (Lipinski definition) is 5. The first-order valence-corrected chi connectivity index (χ1v) is 9.99. The van der Waals surface area contributed by atoms with E-state index in [1.165, 1.54) is 24.9 Å². The molecule has 0 aliphatic carbocycles. The SMILES string of the molecule is CNC(=O)[C@H](Cc1c[nH]c2ccccc12)NC(=O)c1cc(C#N)c(SC)[nH]c1=O. The summed E-state index contributed by atoms with van der Waals surface area (Å²) >= 11 is 1.20. The highest BCUT2D eigenvalue weighted by molar-refractivity contribution is 7.98. The van der Waals surface area contributed by atoms with Gasteiger partial charge in [-0.25, -0.2) is 0 Å². The number of fused-ring (bicyclic) bond motifs is 1. The van der Waals surface area contributed by atoms with Crippen molar-refractivity contribution in [2.75, 3.05) is 13.3 Å². The number of carbonyl (C=O) groups excluding carboxylic acids is 2. The number of pyridine rings is 1. The summed E-state index contributed by atoms with van der Waals surface area (Å²) in [6.07, 6.45) is 3.75. The van der Waals surface area contributed by atoms with Crippen LogP contribution in [0.4, 0.5) is 0 Å². The minimum absolute atomic E-state index is 0.190. The summed E-state index contributed by atoms with van der Waals surface area (Å²) in [5.41, 5.74) is 1.14. The molecule has 8 nitrogen and oxygen atoms in total. The molecule has 0 spiro atoms. The molecule has 148 valence electrons. The maximum absolute atomic E-state index is 12.7. The molecule has 29 heavy (non-hydrogen) atoms. The highest BCUT2D eigenvalue weighted by Crippen LogP contribution is 2.19. The number of hydrogen-bond donors (Lipinski definition) is 4. The van der Waals surface area contributed by atoms with E-state index in [2.05, 4.69) is 20.6 Å². The van der Waals surface area contributed by atoms with Crippen LogP contribution in [-0.2, 0) is 11.2 Å². The lowest BCUT2D eigenvalue weighted by Crippen LogP contribution is -2.48. The van der Waals surface area contributed by atoms with Gasteiger partial charge >= 0.3 is 0 Å². The van der Waals surface area contributed by atoms with Gasteiger partial charge in [0.1, 0.15) is 17.7 Å². The fourth-order valence-corrected chi connectivity index (χ4v) is 3.59. The summed E-state index contributed by atoms with van der Waals surface area (Å²) < 4.78 is 0. The van der Waals surface area contributed by atoms with E-state index in [9.17, 15) is 19.6 Å². The van der Waals surface area contributed by atoms with E-state index in [0.29, 0.717) is 5.03 Å². The predicted octanol–water partition coefficient (Wildman–Crippen LogP) is 1.54. The molecule has 0 fully saturated rings. The number of likely N-dealkylation sites (N-methyl/N-ethyl adjacent to an activating group) is 1. The number of aromatic amines is 2. The standard InChI is InChI=1S/C20H19N5O3S/c1-22-19(28)16(8-12-10-23-15-6-4-3-5-13(12)15)24-17(26)14-7-11(9-21)20(29-2)25-18(14)27/h3-7,10,16,23H,8H2,1-2H3,(H,22,28)(H,24,26)(H,25,27)/t16-/m0/s1. The maximum Gasteiger partial charge on any atom is 0.261 e. The molecule has 2 heterocycles. The number of para-hydroxylation sites is 1. The van der Waals surface area contributed by atoms with Gasteiger partial charge in [-0.15, -0.1) is 11.8 Å². The van der Waals surface area contributed by atoms with E-state index in [0.717, 1.165) is 16.5 Å². The molecule has 4 N–H and O–H groups in total. The molecule has 0 radical (unpaired) electrons. The number of benzene rings is 1. The fourth-order valence-electron chi connectivity index (χ4n) is 3.07. The Labute approximate surface area is 170 Å². The Bertz CT molecular complexity index is 1170. The zero-order valence-electron chi connectivity index (χ0n) is 15.8. The van der Waals surface area contributed by atoms with Crippen LogP contribution < -0.4 is 16.2 Å². The van der Waals surface area contributed by atoms with Crippen molar-refractivity contribution in [3.8, 4) is 6.07 Å². The molecule has 0 aliphatic rings. The summed E-state index contributed by atoms with van der Waals surface area (Å²) in [4.78, 5) is 43.0. The van der Waals surface area contributed by atoms with Gasteiger partial charge in [0.05, 0.1) is 10.6 Å². The average Bonchev–Trinajstić information content (AvgIpc) is 3.15. The van der Waals surface area contributed by atoms with Crippen LogP contribution in [0.15, 0.2) is 46.3 Å². The van der Waals surface area contributed by atoms with Gasteiger partial charge in [0, 0.05) is 30.6 Å². The maximum atomic E-state index is 12.7. The lowest BCUT2D eigenvalue weighted by atomic mass is 10.0. The van der Waals surface area contributed by atoms with Crippen LogP contribution in [0, 0.1) is 11.3 Å². The van der Waals surface area contributed by atoms with E-state index < -0.39 is 17.5 Å². The first-order valence-electron chi connectivity index (χ1n) is 8.77. The van der Waals surface area contributed by atoms with Crippen molar-refractivity contribution in [1.82, 2.24) is 20.6 Å². The molecule has 1 aromatic carbocycles. The second-order valence-corrected chi connectivity index (χ2v) is 7.09. The van der Waals surface area contributed by atoms with Gasteiger partial charge in [-0.3, -0.25) is 14.4 Å². The van der Waals surface area contributed by atoms with Crippen molar-refractivity contribution in [1.29, 1.82) is 5.26 Å². The van der Waals surface area contributed by atoms with Gasteiger partial charge in [0.2, 0.25) is 5.91 Å². The van der Waals surface area contributed by atoms with Crippen LogP contribution in [0.2, 0.25) is 0 Å². The molecule has 0 aliphatic heterocycles. The summed E-state index contributed by atoms with van der Waals surface area (Å²) in [5, 5.41) is 15.7. The van der Waals surface area contributed by atoms with Crippen molar-refractivity contribution in [2.24, 2.45) is 0 Å². The summed E-state index contributed by atoms with van der Waals surface area (Å²) in [6.45, 7) is 0. The first kappa shape index (κ1) is 20.2. The molecule has 1 atom stereocenters. The number of thioether (sulfide) groups is 1. The molecule has 0 bridgehead atoms. The number of H-pyrrole nitrogens is 2. The zero-order valence-corrected chi connectivity index (χ0v) is 16.6. The molecule has 3 rings (SSSR count). The molecule has 0 saturated heterocycles. The number of rotatable bonds is 6. The van der Waals surface area contributed by atoms with Crippen LogP contribution in [0.3, 0.4) is 0 Å². The second-order valence-electron chi connectivity index (χ2n) is 6.27. The Morgan fingerprint density at radius 3 is 2.76 bits per heavy atom. The normalized spacial score (nSPS) is 11.6. The predicted molar refractivity (Wildman–Crippen MR) is 111 cm³/mol. The van der Waals surface area contributed by atoms with E-state index in [-0.39, 0.29) is 23.5 Å². The van der Waals surface area contributed by atoms with Crippen LogP contribution in [-0.4, -0.2) is 41.1 Å². The lowest BCUT2D eigenvalue weighted by Gasteiger charge is -2.17. The minimum atomic E-state index is -0.892. The zero-order chi connectivity index (χ0) is 21.0. The first-order chi connectivity index (χ1) is 14.0. The molecule has 3 aromatic rings. The molecule has 2 amide bonds. The van der Waals surface area contributed by atoms with Crippen LogP contribution in [0.5, 0.6) is 0 Å². The van der Waals surface area contributed by atoms with Crippen molar-refractivity contribution in [2.45, 2.75) is 17.5 Å². The van der Waals surface area contributed by atoms with Gasteiger partial charge in [0.15, 0.2) is 0 Å². The molecule has 0 saturated carbocycles. The Morgan fingerprint density at radius 2 is 2.07 bits per heavy atom. The summed E-state index contributed by atoms with van der Waals surface area (Å²) in [6, 6.07) is 9.95. The summed E-state index contributed by atoms with van der Waals surface area (Å²) in [5.74, 6) is -1.11. The third kappa shape index (κ3) is 4.17. The number of nitrogens with zero attached hydrogens (tertiary/aromatic N) is 1. The van der Waals surface area contributed by atoms with Crippen molar-refractivity contribution >= 4 is 34.5 Å². The van der Waals surface area contributed by atoms with Crippen molar-refractivity contribution < 1.29 is 9.59 Å². The number of carbonyl (C=O) groups is 2. The Balaban J connectivity index is 1.90. The molecular weight excluding hydrogens is 390 g/mol. The smallest absolute Gasteiger partial charge is 0.261 e. The number of amides is 2. The Hall–Kier alpha value is -3.51. The number of nitriles is 1. The number of aromatic nitrogens is 2. The van der Waals surface area contributed by atoms with Gasteiger partial charge in [0.25, 0.3) is 11.5 Å². The number of nitrogens with one attached hydrogen (secondary N) is 4. The van der Waals surface area contributed by atoms with Gasteiger partial charge in [-0.05, 0) is 24.0 Å². The third-order valence-electron chi connectivity index (χ3n) is 4.54. The molecular formula is C20H19N5O3S. The van der Waals surface area contributed by atoms with E-state index in [1.54, 1.807) is 12.5 Å². The van der Waals surface area contributed by atoms with E-state index >= 15 is 0 Å². The third-order valence-corrected chi connectivity index (χ3v) is 5.27. The van der Waals surface area contributed by atoms with Crippen LogP contribution in [0.25, 0.3) is 10.9 Å². The monoisotopic (exact) mass is 409 g/mol. The molecule has 9 heteroatoms. The molecule has 0 unspecified atom stereocenters. The van der Waals surface area contributed by atoms with Gasteiger partial charge in [-0.1, -0.05) is 18.2 Å². The van der Waals surface area contributed by atoms with Crippen molar-refractivity contribution in [3.05, 3.63) is 63.6 Å². The topological polar surface area (TPSA) is 131 Å². The fraction of sp³-hybridized carbons (Fsp3) is 0.200. The lowest BCUT2D eigenvalue weighted by molar-refractivity contribution is -0.122. The second kappa shape index (κ2) is 8.67. The minimum Gasteiger partial charge on any atom is -0.361 e. The van der Waals surface area contributed by atoms with Gasteiger partial charge < -0.3 is 20.6 Å². The summed E-state index contributed by atoms with van der Waals surface area (Å²) in [7, 11) is 1.48. The quantitative estimate of drug-likeness (QED) is 0.459. The van der Waals surface area contributed by atoms with Crippen molar-refractivity contribution in [3.63, 3.8) is 0 Å². The largest absolute Gasteiger partial charge is 0.361 e. The van der Waals surface area contributed by atoms with E-state index in [1.807, 2.05) is 30.3 Å².